The van der Waals surface area contributed by atoms with Crippen molar-refractivity contribution in [2.45, 2.75) is 0 Å². The molecule has 2 heteroatoms. The van der Waals surface area contributed by atoms with Crippen LogP contribution in [0.25, 0.3) is 81.5 Å². The van der Waals surface area contributed by atoms with Gasteiger partial charge < -0.3 is 0 Å². The van der Waals surface area contributed by atoms with Gasteiger partial charge in [0.2, 0.25) is 5.70 Å². The molecule has 0 amide bonds. The Hall–Kier alpha value is -6.48. The summed E-state index contributed by atoms with van der Waals surface area (Å²) in [6.07, 6.45) is 0. The molecule has 0 fully saturated rings. The minimum atomic E-state index is 0.357. The van der Waals surface area contributed by atoms with Gasteiger partial charge in [0, 0.05) is 0 Å². The summed E-state index contributed by atoms with van der Waals surface area (Å²) in [4.78, 5) is 3.87. The van der Waals surface area contributed by atoms with E-state index in [9.17, 15) is 5.26 Å². The fraction of sp³-hybridized carbons (Fsp3) is 0. The number of nitrogens with zero attached hydrogens (tertiary/aromatic N) is 2. The van der Waals surface area contributed by atoms with Crippen LogP contribution < -0.4 is 0 Å². The van der Waals surface area contributed by atoms with Crippen LogP contribution in [0, 0.1) is 17.9 Å². The highest BCUT2D eigenvalue weighted by Crippen LogP contribution is 2.34. The average Bonchev–Trinajstić information content (AvgIpc) is 3.12. The summed E-state index contributed by atoms with van der Waals surface area (Å²) < 4.78 is 0. The minimum Gasteiger partial charge on any atom is -0.236 e. The lowest BCUT2D eigenvalue weighted by molar-refractivity contribution is 1.52. The topological polar surface area (TPSA) is 28.1 Å². The van der Waals surface area contributed by atoms with Crippen LogP contribution in [0.1, 0.15) is 11.1 Å². The van der Waals surface area contributed by atoms with Gasteiger partial charge in [-0.05, 0) is 107 Å². The van der Waals surface area contributed by atoms with E-state index < -0.39 is 0 Å². The van der Waals surface area contributed by atoms with Crippen molar-refractivity contribution < 1.29 is 0 Å². The fourth-order valence-electron chi connectivity index (χ4n) is 6.41. The van der Waals surface area contributed by atoms with E-state index in [1.54, 1.807) is 0 Å². The van der Waals surface area contributed by atoms with Crippen molar-refractivity contribution in [2.75, 3.05) is 0 Å². The van der Waals surface area contributed by atoms with Crippen LogP contribution in [0.4, 0.5) is 0 Å². The molecule has 212 valence electrons. The molecule has 2 nitrogen and oxygen atoms in total. The third-order valence-electron chi connectivity index (χ3n) is 8.87. The number of rotatable bonds is 4. The van der Waals surface area contributed by atoms with Gasteiger partial charge in [-0.2, -0.15) is 5.26 Å². The molecular formula is C44H26N2. The van der Waals surface area contributed by atoms with Crippen molar-refractivity contribution in [1.82, 2.24) is 0 Å². The summed E-state index contributed by atoms with van der Waals surface area (Å²) >= 11 is 0. The van der Waals surface area contributed by atoms with Crippen LogP contribution in [0.15, 0.2) is 158 Å². The smallest absolute Gasteiger partial charge is 0.212 e. The quantitative estimate of drug-likeness (QED) is 0.115. The van der Waals surface area contributed by atoms with Crippen molar-refractivity contribution in [3.05, 3.63) is 180 Å². The molecule has 0 bridgehead atoms. The van der Waals surface area contributed by atoms with Gasteiger partial charge >= 0.3 is 0 Å². The second kappa shape index (κ2) is 11.2. The van der Waals surface area contributed by atoms with Crippen molar-refractivity contribution in [2.24, 2.45) is 0 Å². The Labute approximate surface area is 267 Å². The number of hydrogen-bond donors (Lipinski definition) is 0. The summed E-state index contributed by atoms with van der Waals surface area (Å²) in [5, 5.41) is 19.4. The SMILES string of the molecule is [C-]#[N+]C(=C(C#N)c1ccc2cc(-c3ccc4ccccc4c3)ccc2c1)c1ccc2cc(-c3ccc4ccccc4c3)ccc2c1. The number of nitriles is 1. The van der Waals surface area contributed by atoms with Gasteiger partial charge in [-0.1, -0.05) is 127 Å². The molecule has 0 aliphatic rings. The van der Waals surface area contributed by atoms with E-state index in [1.807, 2.05) is 36.4 Å². The number of benzene rings is 8. The standard InChI is InChI=1S/C44H26N2/c1-46-44(42-21-19-38-25-36(15-17-40(38)27-42)34-13-11-30-7-3-5-9-32(30)23-34)43(28-45)41-20-18-37-24-35(14-16-39(37)26-41)33-12-10-29-6-2-4-8-31(29)22-33/h2-27H. The Bertz CT molecular complexity index is 2430. The van der Waals surface area contributed by atoms with Gasteiger partial charge in [-0.25, -0.2) is 4.85 Å². The maximum absolute atomic E-state index is 10.3. The van der Waals surface area contributed by atoms with Crippen LogP contribution in [0.5, 0.6) is 0 Å². The van der Waals surface area contributed by atoms with Crippen LogP contribution in [-0.2, 0) is 0 Å². The Kier molecular flexibility index (Phi) is 6.61. The monoisotopic (exact) mass is 582 g/mol. The summed E-state index contributed by atoms with van der Waals surface area (Å²) in [5.41, 5.74) is 6.83. The van der Waals surface area contributed by atoms with E-state index in [0.29, 0.717) is 11.3 Å². The van der Waals surface area contributed by atoms with E-state index in [2.05, 4.69) is 132 Å². The Morgan fingerprint density at radius 2 is 0.761 bits per heavy atom. The van der Waals surface area contributed by atoms with Crippen LogP contribution in [0.3, 0.4) is 0 Å². The Morgan fingerprint density at radius 3 is 1.22 bits per heavy atom. The molecule has 0 N–H and O–H groups in total. The van der Waals surface area contributed by atoms with E-state index in [1.165, 1.54) is 32.7 Å². The first-order chi connectivity index (χ1) is 22.7. The molecular weight excluding hydrogens is 556 g/mol. The second-order valence-corrected chi connectivity index (χ2v) is 11.6. The van der Waals surface area contributed by atoms with Crippen molar-refractivity contribution in [1.29, 1.82) is 5.26 Å². The lowest BCUT2D eigenvalue weighted by atomic mass is 9.94. The van der Waals surface area contributed by atoms with Gasteiger partial charge in [0.25, 0.3) is 0 Å². The van der Waals surface area contributed by atoms with Crippen LogP contribution >= 0.6 is 0 Å². The normalized spacial score (nSPS) is 11.8. The zero-order valence-electron chi connectivity index (χ0n) is 24.9. The third kappa shape index (κ3) is 4.86. The predicted octanol–water partition coefficient (Wildman–Crippen LogP) is 11.9. The molecule has 8 rings (SSSR count). The summed E-state index contributed by atoms with van der Waals surface area (Å²) in [5.74, 6) is 0. The van der Waals surface area contributed by atoms with Crippen molar-refractivity contribution in [3.63, 3.8) is 0 Å². The first kappa shape index (κ1) is 27.1. The number of hydrogen-bond acceptors (Lipinski definition) is 1. The summed E-state index contributed by atoms with van der Waals surface area (Å²) in [6, 6.07) is 57.0. The molecule has 8 aromatic carbocycles. The summed E-state index contributed by atoms with van der Waals surface area (Å²) in [7, 11) is 0. The molecule has 0 aliphatic carbocycles. The molecule has 8 aromatic rings. The molecule has 0 atom stereocenters. The first-order valence-corrected chi connectivity index (χ1v) is 15.3. The minimum absolute atomic E-state index is 0.357. The van der Waals surface area contributed by atoms with E-state index in [4.69, 9.17) is 6.57 Å². The first-order valence-electron chi connectivity index (χ1n) is 15.3. The Balaban J connectivity index is 1.14. The van der Waals surface area contributed by atoms with Crippen LogP contribution in [-0.4, -0.2) is 0 Å². The van der Waals surface area contributed by atoms with Crippen LogP contribution in [0.2, 0.25) is 0 Å². The van der Waals surface area contributed by atoms with Gasteiger partial charge in [0.1, 0.15) is 0 Å². The van der Waals surface area contributed by atoms with E-state index in [0.717, 1.165) is 43.8 Å². The fourth-order valence-corrected chi connectivity index (χ4v) is 6.41. The Morgan fingerprint density at radius 1 is 0.413 bits per heavy atom. The maximum atomic E-state index is 10.3. The predicted molar refractivity (Wildman–Crippen MR) is 193 cm³/mol. The zero-order valence-corrected chi connectivity index (χ0v) is 24.9. The van der Waals surface area contributed by atoms with E-state index >= 15 is 0 Å². The summed E-state index contributed by atoms with van der Waals surface area (Å²) in [6.45, 7) is 8.06. The molecule has 0 unspecified atom stereocenters. The highest BCUT2D eigenvalue weighted by Gasteiger charge is 2.14. The lowest BCUT2D eigenvalue weighted by Crippen LogP contribution is -1.90. The van der Waals surface area contributed by atoms with Gasteiger partial charge in [0.05, 0.1) is 18.2 Å². The molecule has 0 heterocycles. The highest BCUT2D eigenvalue weighted by atomic mass is 14.7. The zero-order chi connectivity index (χ0) is 31.0. The lowest BCUT2D eigenvalue weighted by Gasteiger charge is -2.10. The molecule has 0 aromatic heterocycles. The number of allylic oxidation sites excluding steroid dienone is 1. The van der Waals surface area contributed by atoms with Gasteiger partial charge in [-0.3, -0.25) is 0 Å². The largest absolute Gasteiger partial charge is 0.236 e. The van der Waals surface area contributed by atoms with E-state index in [-0.39, 0.29) is 0 Å². The second-order valence-electron chi connectivity index (χ2n) is 11.6. The molecule has 0 aliphatic heterocycles. The van der Waals surface area contributed by atoms with Crippen molar-refractivity contribution >= 4 is 54.4 Å². The molecule has 0 saturated carbocycles. The van der Waals surface area contributed by atoms with Gasteiger partial charge in [-0.15, -0.1) is 0 Å². The maximum Gasteiger partial charge on any atom is 0.212 e. The molecule has 0 saturated heterocycles. The van der Waals surface area contributed by atoms with Gasteiger partial charge in [0.15, 0.2) is 0 Å². The average molecular weight is 583 g/mol. The molecule has 46 heavy (non-hydrogen) atoms. The van der Waals surface area contributed by atoms with Crippen molar-refractivity contribution in [3.8, 4) is 28.3 Å². The number of fused-ring (bicyclic) bond motifs is 4. The third-order valence-corrected chi connectivity index (χ3v) is 8.87. The molecule has 0 spiro atoms. The molecule has 0 radical (unpaired) electrons. The highest BCUT2D eigenvalue weighted by molar-refractivity contribution is 6.04.